The molecule has 27 heavy (non-hydrogen) atoms. The molecule has 2 heteroatoms. The van der Waals surface area contributed by atoms with E-state index < -0.39 is 0 Å². The van der Waals surface area contributed by atoms with Gasteiger partial charge in [-0.05, 0) is 78.1 Å². The maximum Gasteiger partial charge on any atom is 0.123 e. The predicted octanol–water partition coefficient (Wildman–Crippen LogP) is 7.08. The van der Waals surface area contributed by atoms with Gasteiger partial charge in [0.2, 0.25) is 0 Å². The Labute approximate surface area is 173 Å². The van der Waals surface area contributed by atoms with Crippen LogP contribution in [0.2, 0.25) is 0 Å². The molecular formula is C25H35BrO. The van der Waals surface area contributed by atoms with Crippen LogP contribution < -0.4 is 0 Å². The van der Waals surface area contributed by atoms with E-state index in [1.807, 2.05) is 0 Å². The van der Waals surface area contributed by atoms with Crippen LogP contribution >= 0.6 is 15.9 Å². The Kier molecular flexibility index (Phi) is 3.67. The second kappa shape index (κ2) is 5.35. The molecule has 3 unspecified atom stereocenters. The average Bonchev–Trinajstić information content (AvgIpc) is 2.48. The monoisotopic (exact) mass is 430 g/mol. The summed E-state index contributed by atoms with van der Waals surface area (Å²) in [4.78, 5) is 0. The van der Waals surface area contributed by atoms with Gasteiger partial charge in [0.1, 0.15) is 5.75 Å². The van der Waals surface area contributed by atoms with E-state index in [2.05, 4.69) is 62.7 Å². The lowest BCUT2D eigenvalue weighted by atomic mass is 9.19. The topological polar surface area (TPSA) is 20.2 Å². The highest BCUT2D eigenvalue weighted by Crippen LogP contribution is 2.88. The van der Waals surface area contributed by atoms with Gasteiger partial charge in [-0.3, -0.25) is 0 Å². The predicted molar refractivity (Wildman–Crippen MR) is 116 cm³/mol. The molecule has 0 heterocycles. The van der Waals surface area contributed by atoms with Gasteiger partial charge >= 0.3 is 0 Å². The van der Waals surface area contributed by atoms with Crippen LogP contribution in [0.15, 0.2) is 12.1 Å². The molecule has 3 atom stereocenters. The summed E-state index contributed by atoms with van der Waals surface area (Å²) < 4.78 is 0. The van der Waals surface area contributed by atoms with Crippen molar-refractivity contribution < 1.29 is 5.11 Å². The van der Waals surface area contributed by atoms with Crippen LogP contribution in [0.5, 0.6) is 5.75 Å². The van der Waals surface area contributed by atoms with Crippen molar-refractivity contribution in [1.82, 2.24) is 0 Å². The summed E-state index contributed by atoms with van der Waals surface area (Å²) in [7, 11) is 0. The van der Waals surface area contributed by atoms with Crippen LogP contribution in [0.4, 0.5) is 0 Å². The summed E-state index contributed by atoms with van der Waals surface area (Å²) in [6.45, 7) is 11.7. The van der Waals surface area contributed by atoms with Crippen LogP contribution in [0.3, 0.4) is 0 Å². The fourth-order valence-electron chi connectivity index (χ4n) is 8.63. The van der Waals surface area contributed by atoms with Crippen molar-refractivity contribution in [2.24, 2.45) is 28.6 Å². The number of phenols is 1. The fraction of sp³-hybridized carbons (Fsp3) is 0.760. The Hall–Kier alpha value is -0.500. The molecule has 5 aliphatic carbocycles. The fourth-order valence-corrected chi connectivity index (χ4v) is 9.05. The number of aromatic hydroxyl groups is 1. The highest BCUT2D eigenvalue weighted by atomic mass is 79.9. The highest BCUT2D eigenvalue weighted by molar-refractivity contribution is 9.08. The Morgan fingerprint density at radius 1 is 1.15 bits per heavy atom. The smallest absolute Gasteiger partial charge is 0.123 e. The number of hydrogen-bond acceptors (Lipinski definition) is 1. The number of phenolic OH excluding ortho intramolecular Hbond substituents is 1. The largest absolute Gasteiger partial charge is 0.507 e. The summed E-state index contributed by atoms with van der Waals surface area (Å²) in [5.41, 5.74) is 5.45. The van der Waals surface area contributed by atoms with Gasteiger partial charge in [-0.1, -0.05) is 62.7 Å². The van der Waals surface area contributed by atoms with Crippen molar-refractivity contribution in [3.05, 3.63) is 28.8 Å². The van der Waals surface area contributed by atoms with Crippen LogP contribution in [-0.4, -0.2) is 5.11 Å². The zero-order chi connectivity index (χ0) is 19.4. The molecule has 148 valence electrons. The molecule has 1 nitrogen and oxygen atoms in total. The number of benzene rings is 1. The SMILES string of the molecule is CC(C)CC12CC3CC4(c5cc(C(C)(C)C)cc(CBr)c5O)CC(C4)(C1)C32. The van der Waals surface area contributed by atoms with Crippen molar-refractivity contribution in [3.8, 4) is 5.75 Å². The minimum atomic E-state index is 0.119. The first-order chi connectivity index (χ1) is 12.5. The molecule has 2 bridgehead atoms. The van der Waals surface area contributed by atoms with Crippen LogP contribution in [0, 0.1) is 28.6 Å². The second-order valence-electron chi connectivity index (χ2n) is 12.2. The molecular weight excluding hydrogens is 396 g/mol. The first-order valence-corrected chi connectivity index (χ1v) is 12.1. The van der Waals surface area contributed by atoms with Gasteiger partial charge in [0.15, 0.2) is 0 Å². The minimum Gasteiger partial charge on any atom is -0.507 e. The third-order valence-electron chi connectivity index (χ3n) is 8.78. The first-order valence-electron chi connectivity index (χ1n) is 11.0. The zero-order valence-electron chi connectivity index (χ0n) is 17.7. The summed E-state index contributed by atoms with van der Waals surface area (Å²) in [5.74, 6) is 3.35. The van der Waals surface area contributed by atoms with Gasteiger partial charge < -0.3 is 5.11 Å². The van der Waals surface area contributed by atoms with Crippen molar-refractivity contribution in [2.75, 3.05) is 0 Å². The Balaban J connectivity index is 1.49. The van der Waals surface area contributed by atoms with E-state index in [9.17, 15) is 5.11 Å². The summed E-state index contributed by atoms with van der Waals surface area (Å²) in [6, 6.07) is 4.58. The first kappa shape index (κ1) is 18.5. The van der Waals surface area contributed by atoms with Gasteiger partial charge in [0, 0.05) is 21.9 Å². The van der Waals surface area contributed by atoms with Gasteiger partial charge in [-0.15, -0.1) is 0 Å². The molecule has 0 aromatic heterocycles. The second-order valence-corrected chi connectivity index (χ2v) is 12.8. The number of alkyl halides is 1. The van der Waals surface area contributed by atoms with E-state index in [0.29, 0.717) is 16.6 Å². The molecule has 1 aromatic carbocycles. The van der Waals surface area contributed by atoms with E-state index in [0.717, 1.165) is 28.6 Å². The Morgan fingerprint density at radius 2 is 1.85 bits per heavy atom. The third kappa shape index (κ3) is 2.29. The quantitative estimate of drug-likeness (QED) is 0.505. The molecule has 0 saturated heterocycles. The molecule has 1 spiro atoms. The standard InChI is InChI=1S/C25H35BrO/c1-15(2)8-23-9-17-10-24(13-25(12-23,14-24)21(17)23)19-7-18(22(3,4)5)6-16(11-26)20(19)27/h6-7,15,17,21,27H,8-14H2,1-5H3. The van der Waals surface area contributed by atoms with Crippen molar-refractivity contribution >= 4 is 15.9 Å². The molecule has 6 rings (SSSR count). The Morgan fingerprint density at radius 3 is 2.41 bits per heavy atom. The summed E-state index contributed by atoms with van der Waals surface area (Å²) in [5, 5.41) is 11.9. The average molecular weight is 431 g/mol. The molecule has 0 radical (unpaired) electrons. The maximum atomic E-state index is 11.1. The minimum absolute atomic E-state index is 0.119. The van der Waals surface area contributed by atoms with Crippen molar-refractivity contribution in [1.29, 1.82) is 0 Å². The molecule has 0 amide bonds. The molecule has 5 aliphatic rings. The van der Waals surface area contributed by atoms with Crippen LogP contribution in [0.1, 0.15) is 89.8 Å². The summed E-state index contributed by atoms with van der Waals surface area (Å²) in [6.07, 6.45) is 8.38. The van der Waals surface area contributed by atoms with E-state index in [1.54, 1.807) is 0 Å². The van der Waals surface area contributed by atoms with Crippen LogP contribution in [-0.2, 0) is 16.2 Å². The van der Waals surface area contributed by atoms with Crippen molar-refractivity contribution in [2.45, 2.75) is 89.3 Å². The number of halogens is 1. The van der Waals surface area contributed by atoms with Crippen LogP contribution in [0.25, 0.3) is 0 Å². The lowest BCUT2D eigenvalue weighted by Gasteiger charge is -2.85. The third-order valence-corrected chi connectivity index (χ3v) is 9.39. The lowest BCUT2D eigenvalue weighted by molar-refractivity contribution is -0.343. The normalized spacial score (nSPS) is 41.4. The number of rotatable bonds is 4. The van der Waals surface area contributed by atoms with Gasteiger partial charge in [0.05, 0.1) is 0 Å². The number of hydrogen-bond donors (Lipinski definition) is 1. The van der Waals surface area contributed by atoms with E-state index >= 15 is 0 Å². The van der Waals surface area contributed by atoms with Gasteiger partial charge in [-0.25, -0.2) is 0 Å². The molecule has 1 N–H and O–H groups in total. The van der Waals surface area contributed by atoms with E-state index in [4.69, 9.17) is 0 Å². The summed E-state index contributed by atoms with van der Waals surface area (Å²) >= 11 is 3.62. The zero-order valence-corrected chi connectivity index (χ0v) is 19.2. The Bertz CT molecular complexity index is 790. The highest BCUT2D eigenvalue weighted by Gasteiger charge is 2.81. The van der Waals surface area contributed by atoms with E-state index in [1.165, 1.54) is 49.7 Å². The van der Waals surface area contributed by atoms with E-state index in [-0.39, 0.29) is 10.8 Å². The van der Waals surface area contributed by atoms with Gasteiger partial charge in [0.25, 0.3) is 0 Å². The molecule has 5 fully saturated rings. The van der Waals surface area contributed by atoms with Gasteiger partial charge in [-0.2, -0.15) is 0 Å². The lowest BCUT2D eigenvalue weighted by Crippen LogP contribution is -2.78. The molecule has 5 saturated carbocycles. The molecule has 1 aromatic rings. The maximum absolute atomic E-state index is 11.1. The van der Waals surface area contributed by atoms with Crippen molar-refractivity contribution in [3.63, 3.8) is 0 Å². The molecule has 0 aliphatic heterocycles.